The topological polar surface area (TPSA) is 80.0 Å². The predicted octanol–water partition coefficient (Wildman–Crippen LogP) is 2.95. The zero-order valence-electron chi connectivity index (χ0n) is 15.4. The molecule has 0 saturated heterocycles. The first-order valence-electron chi connectivity index (χ1n) is 8.61. The molecule has 0 bridgehead atoms. The standard InChI is InChI=1S/C18H23N7S.HI/c1-3-20-18(22-7-5-17-23-11-14(2)26-17)24-12-15-4-6-21-16(10-15)25-9-8-19-13-25;/h4,6,8-11,13H,3,5,7,12H2,1-2H3,(H2,20,22,24);1H. The van der Waals surface area contributed by atoms with E-state index in [1.165, 1.54) is 4.88 Å². The number of imidazole rings is 1. The summed E-state index contributed by atoms with van der Waals surface area (Å²) in [7, 11) is 0. The zero-order chi connectivity index (χ0) is 18.2. The van der Waals surface area contributed by atoms with Crippen molar-refractivity contribution in [2.24, 2.45) is 4.99 Å². The van der Waals surface area contributed by atoms with Crippen molar-refractivity contribution in [2.75, 3.05) is 13.1 Å². The molecule has 144 valence electrons. The van der Waals surface area contributed by atoms with Gasteiger partial charge in [-0.15, -0.1) is 35.3 Å². The summed E-state index contributed by atoms with van der Waals surface area (Å²) >= 11 is 1.74. The summed E-state index contributed by atoms with van der Waals surface area (Å²) in [4.78, 5) is 18.7. The van der Waals surface area contributed by atoms with E-state index in [-0.39, 0.29) is 24.0 Å². The number of thiazole rings is 1. The Morgan fingerprint density at radius 2 is 2.15 bits per heavy atom. The molecule has 0 aromatic carbocycles. The smallest absolute Gasteiger partial charge is 0.191 e. The zero-order valence-corrected chi connectivity index (χ0v) is 18.6. The van der Waals surface area contributed by atoms with Crippen LogP contribution in [0, 0.1) is 6.92 Å². The maximum atomic E-state index is 4.67. The Kier molecular flexibility index (Phi) is 8.65. The van der Waals surface area contributed by atoms with E-state index in [1.54, 1.807) is 30.1 Å². The van der Waals surface area contributed by atoms with E-state index in [0.717, 1.165) is 41.9 Å². The van der Waals surface area contributed by atoms with Gasteiger partial charge in [0.1, 0.15) is 12.1 Å². The minimum Gasteiger partial charge on any atom is -0.357 e. The van der Waals surface area contributed by atoms with Crippen molar-refractivity contribution in [3.8, 4) is 5.82 Å². The van der Waals surface area contributed by atoms with Gasteiger partial charge in [0.15, 0.2) is 5.96 Å². The van der Waals surface area contributed by atoms with Gasteiger partial charge in [0.05, 0.1) is 11.6 Å². The van der Waals surface area contributed by atoms with E-state index in [4.69, 9.17) is 0 Å². The molecule has 0 atom stereocenters. The van der Waals surface area contributed by atoms with Crippen molar-refractivity contribution in [1.29, 1.82) is 0 Å². The molecule has 2 N–H and O–H groups in total. The summed E-state index contributed by atoms with van der Waals surface area (Å²) in [6.45, 7) is 6.34. The maximum absolute atomic E-state index is 4.67. The van der Waals surface area contributed by atoms with Gasteiger partial charge in [0.2, 0.25) is 0 Å². The van der Waals surface area contributed by atoms with Crippen LogP contribution in [0.15, 0.2) is 48.2 Å². The molecule has 3 rings (SSSR count). The first-order chi connectivity index (χ1) is 12.7. The molecule has 0 fully saturated rings. The number of halogens is 1. The summed E-state index contributed by atoms with van der Waals surface area (Å²) in [5, 5.41) is 7.79. The van der Waals surface area contributed by atoms with E-state index in [9.17, 15) is 0 Å². The lowest BCUT2D eigenvalue weighted by Crippen LogP contribution is -2.38. The van der Waals surface area contributed by atoms with Crippen molar-refractivity contribution in [3.63, 3.8) is 0 Å². The number of hydrogen-bond acceptors (Lipinski definition) is 5. The Morgan fingerprint density at radius 3 is 2.85 bits per heavy atom. The summed E-state index contributed by atoms with van der Waals surface area (Å²) < 4.78 is 1.88. The normalized spacial score (nSPS) is 11.1. The number of nitrogens with zero attached hydrogens (tertiary/aromatic N) is 5. The van der Waals surface area contributed by atoms with Crippen LogP contribution in [0.5, 0.6) is 0 Å². The minimum absolute atomic E-state index is 0. The molecular weight excluding hydrogens is 473 g/mol. The number of aromatic nitrogens is 4. The molecule has 0 aliphatic heterocycles. The van der Waals surface area contributed by atoms with Gasteiger partial charge in [-0.25, -0.2) is 19.9 Å². The molecule has 3 heterocycles. The molecule has 3 aromatic rings. The van der Waals surface area contributed by atoms with Crippen molar-refractivity contribution >= 4 is 41.3 Å². The Morgan fingerprint density at radius 1 is 1.26 bits per heavy atom. The predicted molar refractivity (Wildman–Crippen MR) is 120 cm³/mol. The Bertz CT molecular complexity index is 845. The number of rotatable bonds is 7. The molecule has 0 saturated carbocycles. The van der Waals surface area contributed by atoms with Crippen LogP contribution >= 0.6 is 35.3 Å². The van der Waals surface area contributed by atoms with E-state index in [0.29, 0.717) is 6.54 Å². The van der Waals surface area contributed by atoms with Crippen LogP contribution in [0.1, 0.15) is 22.4 Å². The van der Waals surface area contributed by atoms with Crippen LogP contribution in [-0.4, -0.2) is 38.6 Å². The van der Waals surface area contributed by atoms with Crippen LogP contribution in [-0.2, 0) is 13.0 Å². The van der Waals surface area contributed by atoms with Gasteiger partial charge >= 0.3 is 0 Å². The lowest BCUT2D eigenvalue weighted by Gasteiger charge is -2.11. The molecule has 0 amide bonds. The third-order valence-electron chi connectivity index (χ3n) is 3.64. The minimum atomic E-state index is 0. The molecule has 0 aliphatic rings. The lowest BCUT2D eigenvalue weighted by atomic mass is 10.2. The van der Waals surface area contributed by atoms with Crippen molar-refractivity contribution in [1.82, 2.24) is 30.2 Å². The van der Waals surface area contributed by atoms with Gasteiger partial charge in [0, 0.05) is 49.2 Å². The van der Waals surface area contributed by atoms with E-state index in [2.05, 4.69) is 44.4 Å². The fourth-order valence-electron chi connectivity index (χ4n) is 2.41. The second kappa shape index (κ2) is 11.0. The number of hydrogen-bond donors (Lipinski definition) is 2. The summed E-state index contributed by atoms with van der Waals surface area (Å²) in [5.41, 5.74) is 1.09. The quantitative estimate of drug-likeness (QED) is 0.298. The largest absolute Gasteiger partial charge is 0.357 e. The molecule has 0 spiro atoms. The number of nitrogens with one attached hydrogen (secondary N) is 2. The van der Waals surface area contributed by atoms with Gasteiger partial charge in [-0.1, -0.05) is 0 Å². The van der Waals surface area contributed by atoms with E-state index in [1.807, 2.05) is 29.1 Å². The van der Waals surface area contributed by atoms with Crippen LogP contribution < -0.4 is 10.6 Å². The first-order valence-corrected chi connectivity index (χ1v) is 9.43. The second-order valence-corrected chi connectivity index (χ2v) is 7.05. The number of aliphatic imine (C=N–C) groups is 1. The molecule has 9 heteroatoms. The number of aryl methyl sites for hydroxylation is 1. The number of guanidine groups is 1. The first kappa shape index (κ1) is 21.3. The molecule has 0 aliphatic carbocycles. The van der Waals surface area contributed by atoms with Crippen LogP contribution in [0.3, 0.4) is 0 Å². The maximum Gasteiger partial charge on any atom is 0.191 e. The molecular formula is C18H24IN7S. The van der Waals surface area contributed by atoms with E-state index >= 15 is 0 Å². The van der Waals surface area contributed by atoms with Gasteiger partial charge in [0.25, 0.3) is 0 Å². The van der Waals surface area contributed by atoms with Gasteiger partial charge < -0.3 is 10.6 Å². The van der Waals surface area contributed by atoms with Crippen LogP contribution in [0.4, 0.5) is 0 Å². The number of pyridine rings is 1. The molecule has 27 heavy (non-hydrogen) atoms. The molecule has 0 radical (unpaired) electrons. The van der Waals surface area contributed by atoms with Gasteiger partial charge in [-0.3, -0.25) is 4.57 Å². The summed E-state index contributed by atoms with van der Waals surface area (Å²) in [6.07, 6.45) is 9.96. The van der Waals surface area contributed by atoms with Crippen molar-refractivity contribution in [3.05, 3.63) is 58.7 Å². The average Bonchev–Trinajstić information content (AvgIpc) is 3.32. The summed E-state index contributed by atoms with van der Waals surface area (Å²) in [6, 6.07) is 4.00. The highest BCUT2D eigenvalue weighted by atomic mass is 127. The monoisotopic (exact) mass is 497 g/mol. The van der Waals surface area contributed by atoms with Gasteiger partial charge in [-0.2, -0.15) is 0 Å². The van der Waals surface area contributed by atoms with Crippen molar-refractivity contribution in [2.45, 2.75) is 26.8 Å². The summed E-state index contributed by atoms with van der Waals surface area (Å²) in [5.74, 6) is 1.65. The Balaban J connectivity index is 0.00000261. The molecule has 7 nitrogen and oxygen atoms in total. The molecule has 3 aromatic heterocycles. The van der Waals surface area contributed by atoms with Crippen LogP contribution in [0.25, 0.3) is 5.82 Å². The lowest BCUT2D eigenvalue weighted by molar-refractivity contribution is 0.796. The van der Waals surface area contributed by atoms with Gasteiger partial charge in [-0.05, 0) is 31.5 Å². The third-order valence-corrected chi connectivity index (χ3v) is 4.62. The fourth-order valence-corrected chi connectivity index (χ4v) is 3.20. The van der Waals surface area contributed by atoms with Crippen molar-refractivity contribution < 1.29 is 0 Å². The van der Waals surface area contributed by atoms with Crippen LogP contribution in [0.2, 0.25) is 0 Å². The fraction of sp³-hybridized carbons (Fsp3) is 0.333. The second-order valence-electron chi connectivity index (χ2n) is 5.73. The molecule has 0 unspecified atom stereocenters. The third kappa shape index (κ3) is 6.58. The Hall–Kier alpha value is -2.01. The highest BCUT2D eigenvalue weighted by Crippen LogP contribution is 2.11. The SMILES string of the molecule is CCNC(=NCc1ccnc(-n2ccnc2)c1)NCCc1ncc(C)s1.I. The Labute approximate surface area is 180 Å². The highest BCUT2D eigenvalue weighted by Gasteiger charge is 2.02. The highest BCUT2D eigenvalue weighted by molar-refractivity contribution is 14.0. The van der Waals surface area contributed by atoms with E-state index < -0.39 is 0 Å². The average molecular weight is 497 g/mol.